The van der Waals surface area contributed by atoms with Gasteiger partial charge in [0.2, 0.25) is 17.7 Å². The van der Waals surface area contributed by atoms with Gasteiger partial charge in [-0.05, 0) is 79.3 Å². The average molecular weight is 991 g/mol. The number of aryl methyl sites for hydroxylation is 1. The molecule has 0 radical (unpaired) electrons. The van der Waals surface area contributed by atoms with E-state index in [1.54, 1.807) is 6.20 Å². The Morgan fingerprint density at radius 3 is 2.34 bits per heavy atom. The van der Waals surface area contributed by atoms with E-state index in [1.165, 1.54) is 18.8 Å². The third-order valence-electron chi connectivity index (χ3n) is 15.4. The number of anilines is 2. The zero-order valence-corrected chi connectivity index (χ0v) is 42.0. The molecule has 4 saturated heterocycles. The number of fused-ring (bicyclic) bond motifs is 4. The van der Waals surface area contributed by atoms with Gasteiger partial charge in [0, 0.05) is 113 Å². The minimum absolute atomic E-state index is 0.0354. The number of ether oxygens (including phenoxy) is 1. The summed E-state index contributed by atoms with van der Waals surface area (Å²) >= 11 is 6.23. The predicted molar refractivity (Wildman–Crippen MR) is 272 cm³/mol. The molecule has 0 spiro atoms. The van der Waals surface area contributed by atoms with Gasteiger partial charge in [0.15, 0.2) is 5.69 Å². The number of aliphatic hydroxyl groups is 1. The van der Waals surface area contributed by atoms with Crippen LogP contribution in [0.4, 0.5) is 11.5 Å². The van der Waals surface area contributed by atoms with Crippen molar-refractivity contribution in [1.82, 2.24) is 45.6 Å². The lowest BCUT2D eigenvalue weighted by molar-refractivity contribution is -0.173. The normalized spacial score (nSPS) is 23.6. The monoisotopic (exact) mass is 990 g/mol. The second-order valence-corrected chi connectivity index (χ2v) is 20.6. The number of aliphatic hydroxyl groups excluding tert-OH is 1. The number of carbonyl (C=O) groups excluding carboxylic acids is 4. The quantitative estimate of drug-likeness (QED) is 0.0928. The van der Waals surface area contributed by atoms with Gasteiger partial charge in [-0.1, -0.05) is 61.8 Å². The summed E-state index contributed by atoms with van der Waals surface area (Å²) in [6, 6.07) is 17.5. The van der Waals surface area contributed by atoms with Gasteiger partial charge in [-0.2, -0.15) is 0 Å². The smallest absolute Gasteiger partial charge is 0.274 e. The maximum Gasteiger partial charge on any atom is 0.274 e. The number of hydrogen-bond acceptors (Lipinski definition) is 13. The summed E-state index contributed by atoms with van der Waals surface area (Å²) in [5.74, 6) is 0.0840. The molecule has 6 heterocycles. The molecule has 4 aromatic rings. The second-order valence-electron chi connectivity index (χ2n) is 20.1. The summed E-state index contributed by atoms with van der Waals surface area (Å²) in [7, 11) is 0. The van der Waals surface area contributed by atoms with Gasteiger partial charge in [-0.3, -0.25) is 24.1 Å². The molecule has 2 bridgehead atoms. The molecule has 4 amide bonds. The van der Waals surface area contributed by atoms with Crippen molar-refractivity contribution in [1.29, 1.82) is 0 Å². The summed E-state index contributed by atoms with van der Waals surface area (Å²) in [5, 5.41) is 24.0. The van der Waals surface area contributed by atoms with Crippen molar-refractivity contribution in [3.63, 3.8) is 0 Å². The molecule has 4 aliphatic heterocycles. The summed E-state index contributed by atoms with van der Waals surface area (Å²) in [6.07, 6.45) is 7.81. The number of nitrogens with one attached hydrogen (secondary N) is 4. The molecule has 378 valence electrons. The number of nitrogens with zero attached hydrogens (tertiary/aromatic N) is 7. The lowest BCUT2D eigenvalue weighted by Gasteiger charge is -2.55. The predicted octanol–water partition coefficient (Wildman–Crippen LogP) is 4.52. The largest absolute Gasteiger partial charge is 0.387 e. The minimum atomic E-state index is -0.573. The molecule has 5 fully saturated rings. The Morgan fingerprint density at radius 1 is 0.887 bits per heavy atom. The van der Waals surface area contributed by atoms with E-state index >= 15 is 0 Å². The Hall–Kier alpha value is -5.56. The standard InChI is InChI=1S/C53H68ClN11O6/c1-4-37-6-5-7-39(27-37)40-28-43(61-36(3)66)47(57-29-40)51(70)65-20-18-62(19-21-65)32-53-14-12-52(13-15-53,33-71-53)60-31-45(68)56-17-16-55-30-42(38-8-10-41(54)11-9-38)50(69)64-24-22-63(23-25-64)49-46-35(2)26-44(67)48(46)58-34-59-49/h5-11,27-29,34-35,42,44,55,60,67H,4,12-26,30-33H2,1-3H3,(H,56,68)(H,61,66)/t35-,42-,44-,52?,53?/m1/s1. The Labute approximate surface area is 421 Å². The fraction of sp³-hybridized carbons (Fsp3) is 0.528. The fourth-order valence-electron chi connectivity index (χ4n) is 11.1. The molecule has 71 heavy (non-hydrogen) atoms. The van der Waals surface area contributed by atoms with Crippen molar-refractivity contribution in [2.75, 3.05) is 102 Å². The van der Waals surface area contributed by atoms with Gasteiger partial charge in [0.05, 0.1) is 42.2 Å². The Kier molecular flexibility index (Phi) is 15.7. The topological polar surface area (TPSA) is 197 Å². The van der Waals surface area contributed by atoms with Crippen molar-refractivity contribution < 1.29 is 29.0 Å². The van der Waals surface area contributed by atoms with Gasteiger partial charge in [0.1, 0.15) is 12.1 Å². The zero-order valence-electron chi connectivity index (χ0n) is 41.2. The highest BCUT2D eigenvalue weighted by Gasteiger charge is 2.50. The minimum Gasteiger partial charge on any atom is -0.387 e. The van der Waals surface area contributed by atoms with Crippen LogP contribution in [-0.2, 0) is 25.5 Å². The number of rotatable bonds is 17. The molecule has 2 aromatic carbocycles. The Balaban J connectivity index is 0.695. The van der Waals surface area contributed by atoms with Gasteiger partial charge in [-0.15, -0.1) is 0 Å². The van der Waals surface area contributed by atoms with Crippen LogP contribution >= 0.6 is 11.6 Å². The van der Waals surface area contributed by atoms with E-state index in [0.717, 1.165) is 66.7 Å². The first-order chi connectivity index (χ1) is 34.3. The molecule has 6 aliphatic rings. The Morgan fingerprint density at radius 2 is 1.63 bits per heavy atom. The number of carbonyl (C=O) groups is 4. The fourth-order valence-corrected chi connectivity index (χ4v) is 11.3. The first-order valence-corrected chi connectivity index (χ1v) is 25.8. The first kappa shape index (κ1) is 50.4. The lowest BCUT2D eigenvalue weighted by atomic mass is 9.71. The number of amides is 4. The van der Waals surface area contributed by atoms with E-state index in [2.05, 4.69) is 72.0 Å². The number of hydrogen-bond donors (Lipinski definition) is 5. The molecule has 10 rings (SSSR count). The van der Waals surface area contributed by atoms with E-state index < -0.39 is 12.0 Å². The number of aromatic nitrogens is 3. The van der Waals surface area contributed by atoms with E-state index in [1.807, 2.05) is 52.3 Å². The SMILES string of the molecule is CCc1cccc(-c2cnc(C(=O)N3CCN(CC45CCC(NCC(=O)NCCNC[C@@H](C(=O)N6CCN(c7ncnc8c7[C@H](C)C[C@H]8O)CC6)c6ccc(Cl)cc6)(CC4)CO5)CC3)c(NC(C)=O)c2)c1. The summed E-state index contributed by atoms with van der Waals surface area (Å²) in [5.41, 5.74) is 5.78. The number of benzene rings is 2. The summed E-state index contributed by atoms with van der Waals surface area (Å²) in [4.78, 5) is 75.1. The molecule has 1 saturated carbocycles. The van der Waals surface area contributed by atoms with E-state index in [4.69, 9.17) is 16.3 Å². The maximum absolute atomic E-state index is 14.1. The summed E-state index contributed by atoms with van der Waals surface area (Å²) in [6.45, 7) is 13.3. The van der Waals surface area contributed by atoms with E-state index in [9.17, 15) is 24.3 Å². The number of halogens is 1. The van der Waals surface area contributed by atoms with Crippen LogP contribution in [0.5, 0.6) is 0 Å². The van der Waals surface area contributed by atoms with Crippen molar-refractivity contribution in [2.45, 2.75) is 88.4 Å². The lowest BCUT2D eigenvalue weighted by Crippen LogP contribution is -2.65. The number of piperazine rings is 2. The van der Waals surface area contributed by atoms with Crippen LogP contribution in [0.3, 0.4) is 0 Å². The third-order valence-corrected chi connectivity index (χ3v) is 15.6. The second kappa shape index (κ2) is 22.1. The van der Waals surface area contributed by atoms with Crippen molar-refractivity contribution in [3.05, 3.63) is 100 Å². The third kappa shape index (κ3) is 11.6. The van der Waals surface area contributed by atoms with Crippen LogP contribution in [0, 0.1) is 0 Å². The van der Waals surface area contributed by atoms with Gasteiger partial charge in [-0.25, -0.2) is 15.0 Å². The van der Waals surface area contributed by atoms with Crippen LogP contribution in [0.15, 0.2) is 67.1 Å². The first-order valence-electron chi connectivity index (χ1n) is 25.4. The highest BCUT2D eigenvalue weighted by Crippen LogP contribution is 2.45. The molecule has 0 unspecified atom stereocenters. The van der Waals surface area contributed by atoms with Gasteiger partial charge in [0.25, 0.3) is 5.91 Å². The molecule has 5 N–H and O–H groups in total. The van der Waals surface area contributed by atoms with Crippen molar-refractivity contribution in [3.8, 4) is 11.1 Å². The van der Waals surface area contributed by atoms with Crippen LogP contribution < -0.4 is 26.2 Å². The highest BCUT2D eigenvalue weighted by molar-refractivity contribution is 6.30. The van der Waals surface area contributed by atoms with Crippen LogP contribution in [0.2, 0.25) is 5.02 Å². The van der Waals surface area contributed by atoms with Crippen molar-refractivity contribution >= 4 is 46.7 Å². The zero-order chi connectivity index (χ0) is 49.7. The van der Waals surface area contributed by atoms with Crippen LogP contribution in [0.1, 0.15) is 104 Å². The molecule has 2 aromatic heterocycles. The molecule has 17 nitrogen and oxygen atoms in total. The highest BCUT2D eigenvalue weighted by atomic mass is 35.5. The Bertz CT molecular complexity index is 2540. The number of pyridine rings is 1. The molecular weight excluding hydrogens is 922 g/mol. The molecule has 2 aliphatic carbocycles. The molecule has 18 heteroatoms. The van der Waals surface area contributed by atoms with Crippen LogP contribution in [0.25, 0.3) is 11.1 Å². The van der Waals surface area contributed by atoms with E-state index in [-0.39, 0.29) is 52.9 Å². The van der Waals surface area contributed by atoms with Gasteiger partial charge >= 0.3 is 0 Å². The van der Waals surface area contributed by atoms with Crippen LogP contribution in [-0.4, -0.2) is 161 Å². The molecule has 3 atom stereocenters. The molecular formula is C53H68ClN11O6. The van der Waals surface area contributed by atoms with E-state index in [0.29, 0.717) is 101 Å². The summed E-state index contributed by atoms with van der Waals surface area (Å²) < 4.78 is 6.62. The average Bonchev–Trinajstić information content (AvgIpc) is 3.69. The maximum atomic E-state index is 14.1. The van der Waals surface area contributed by atoms with Crippen molar-refractivity contribution in [2.24, 2.45) is 0 Å². The van der Waals surface area contributed by atoms with Gasteiger partial charge < -0.3 is 45.8 Å².